The van der Waals surface area contributed by atoms with Gasteiger partial charge in [0.05, 0.1) is 13.2 Å². The molecule has 0 saturated heterocycles. The van der Waals surface area contributed by atoms with Crippen LogP contribution in [0.15, 0.2) is 12.1 Å². The normalized spacial score (nSPS) is 21.1. The van der Waals surface area contributed by atoms with Gasteiger partial charge in [-0.2, -0.15) is 0 Å². The maximum absolute atomic E-state index is 9.86. The smallest absolute Gasteiger partial charge is 0.160 e. The van der Waals surface area contributed by atoms with Gasteiger partial charge >= 0.3 is 0 Å². The van der Waals surface area contributed by atoms with Crippen molar-refractivity contribution in [2.45, 2.75) is 12.6 Å². The van der Waals surface area contributed by atoms with Gasteiger partial charge in [0.2, 0.25) is 0 Å². The number of aliphatic hydroxyl groups is 1. The Morgan fingerprint density at radius 2 is 2.20 bits per heavy atom. The summed E-state index contributed by atoms with van der Waals surface area (Å²) >= 11 is 0. The molecule has 0 spiro atoms. The Labute approximate surface area is 88.7 Å². The molecule has 1 aliphatic rings. The lowest BCUT2D eigenvalue weighted by atomic mass is 9.97. The largest absolute Gasteiger partial charge is 0.504 e. The first-order valence-corrected chi connectivity index (χ1v) is 4.88. The van der Waals surface area contributed by atoms with Gasteiger partial charge in [0.15, 0.2) is 11.5 Å². The highest BCUT2D eigenvalue weighted by Crippen LogP contribution is 2.35. The molecule has 0 bridgehead atoms. The highest BCUT2D eigenvalue weighted by molar-refractivity contribution is 5.48. The van der Waals surface area contributed by atoms with Crippen LogP contribution in [0.25, 0.3) is 0 Å². The fourth-order valence-corrected chi connectivity index (χ4v) is 1.99. The molecule has 2 rings (SSSR count). The van der Waals surface area contributed by atoms with E-state index < -0.39 is 6.10 Å². The van der Waals surface area contributed by atoms with Gasteiger partial charge in [-0.05, 0) is 30.3 Å². The molecule has 4 nitrogen and oxygen atoms in total. The minimum Gasteiger partial charge on any atom is -0.504 e. The van der Waals surface area contributed by atoms with Crippen molar-refractivity contribution in [1.82, 2.24) is 4.90 Å². The summed E-state index contributed by atoms with van der Waals surface area (Å²) in [6.45, 7) is 1.35. The first-order chi connectivity index (χ1) is 7.11. The van der Waals surface area contributed by atoms with E-state index in [1.54, 1.807) is 12.1 Å². The van der Waals surface area contributed by atoms with Crippen LogP contribution in [-0.2, 0) is 6.54 Å². The van der Waals surface area contributed by atoms with Crippen LogP contribution in [0.3, 0.4) is 0 Å². The van der Waals surface area contributed by atoms with Crippen molar-refractivity contribution in [3.8, 4) is 11.5 Å². The molecule has 1 heterocycles. The van der Waals surface area contributed by atoms with Crippen LogP contribution in [0.1, 0.15) is 17.2 Å². The average Bonchev–Trinajstić information content (AvgIpc) is 2.16. The van der Waals surface area contributed by atoms with Crippen LogP contribution in [0.4, 0.5) is 0 Å². The number of β-amino-alcohol motifs (C(OH)–C–C–N with tert-alkyl or cyclic N) is 1. The zero-order valence-electron chi connectivity index (χ0n) is 8.90. The number of rotatable bonds is 1. The lowest BCUT2D eigenvalue weighted by molar-refractivity contribution is 0.107. The third-order valence-electron chi connectivity index (χ3n) is 2.72. The summed E-state index contributed by atoms with van der Waals surface area (Å²) in [5.41, 5.74) is 1.80. The Hall–Kier alpha value is -1.26. The molecule has 2 N–H and O–H groups in total. The molecule has 0 radical (unpaired) electrons. The number of phenolic OH excluding ortho intramolecular Hbond substituents is 1. The van der Waals surface area contributed by atoms with Crippen LogP contribution >= 0.6 is 0 Å². The SMILES string of the molecule is COc1cc2c(cc1O)CN(C)CC2O. The third-order valence-corrected chi connectivity index (χ3v) is 2.72. The molecule has 0 aliphatic carbocycles. The molecule has 0 amide bonds. The number of benzene rings is 1. The molecule has 15 heavy (non-hydrogen) atoms. The van der Waals surface area contributed by atoms with Gasteiger partial charge in [-0.1, -0.05) is 0 Å². The van der Waals surface area contributed by atoms with E-state index in [1.165, 1.54) is 7.11 Å². The van der Waals surface area contributed by atoms with Crippen molar-refractivity contribution in [3.05, 3.63) is 23.3 Å². The third kappa shape index (κ3) is 1.78. The Balaban J connectivity index is 2.47. The van der Waals surface area contributed by atoms with E-state index in [1.807, 2.05) is 11.9 Å². The van der Waals surface area contributed by atoms with Crippen molar-refractivity contribution in [3.63, 3.8) is 0 Å². The molecule has 1 unspecified atom stereocenters. The van der Waals surface area contributed by atoms with Crippen molar-refractivity contribution in [2.75, 3.05) is 20.7 Å². The molecule has 82 valence electrons. The van der Waals surface area contributed by atoms with Crippen molar-refractivity contribution in [2.24, 2.45) is 0 Å². The van der Waals surface area contributed by atoms with Gasteiger partial charge < -0.3 is 14.9 Å². The van der Waals surface area contributed by atoms with Crippen molar-refractivity contribution >= 4 is 0 Å². The van der Waals surface area contributed by atoms with E-state index in [4.69, 9.17) is 4.74 Å². The predicted octanol–water partition coefficient (Wildman–Crippen LogP) is 0.880. The summed E-state index contributed by atoms with van der Waals surface area (Å²) in [4.78, 5) is 2.01. The first-order valence-electron chi connectivity index (χ1n) is 4.88. The van der Waals surface area contributed by atoms with Crippen LogP contribution in [0.5, 0.6) is 11.5 Å². The molecule has 4 heteroatoms. The molecular weight excluding hydrogens is 194 g/mol. The molecule has 0 saturated carbocycles. The highest BCUT2D eigenvalue weighted by atomic mass is 16.5. The Bertz CT molecular complexity index is 378. The number of phenols is 1. The minimum absolute atomic E-state index is 0.124. The van der Waals surface area contributed by atoms with E-state index in [0.717, 1.165) is 17.7 Å². The summed E-state index contributed by atoms with van der Waals surface area (Å²) in [5, 5.41) is 19.5. The summed E-state index contributed by atoms with van der Waals surface area (Å²) in [7, 11) is 3.44. The average molecular weight is 209 g/mol. The summed E-state index contributed by atoms with van der Waals surface area (Å²) < 4.78 is 5.01. The summed E-state index contributed by atoms with van der Waals surface area (Å²) in [6, 6.07) is 3.37. The Morgan fingerprint density at radius 3 is 2.87 bits per heavy atom. The first kappa shape index (κ1) is 10.3. The van der Waals surface area contributed by atoms with Gasteiger partial charge in [0.1, 0.15) is 0 Å². The monoisotopic (exact) mass is 209 g/mol. The number of likely N-dealkylation sites (N-methyl/N-ethyl adjacent to an activating group) is 1. The standard InChI is InChI=1S/C11H15NO3/c1-12-5-7-3-9(13)11(15-2)4-8(7)10(14)6-12/h3-4,10,13-14H,5-6H2,1-2H3. The van der Waals surface area contributed by atoms with Crippen LogP contribution in [-0.4, -0.2) is 35.8 Å². The molecular formula is C11H15NO3. The molecule has 1 aromatic carbocycles. The Kier molecular flexibility index (Phi) is 2.54. The molecule has 0 aromatic heterocycles. The molecule has 1 aromatic rings. The lowest BCUT2D eigenvalue weighted by Gasteiger charge is -2.29. The zero-order valence-corrected chi connectivity index (χ0v) is 8.90. The second-order valence-electron chi connectivity index (χ2n) is 3.94. The number of fused-ring (bicyclic) bond motifs is 1. The van der Waals surface area contributed by atoms with Crippen molar-refractivity contribution in [1.29, 1.82) is 0 Å². The Morgan fingerprint density at radius 1 is 1.47 bits per heavy atom. The van der Waals surface area contributed by atoms with E-state index in [9.17, 15) is 10.2 Å². The van der Waals surface area contributed by atoms with E-state index in [0.29, 0.717) is 12.3 Å². The number of nitrogens with zero attached hydrogens (tertiary/aromatic N) is 1. The van der Waals surface area contributed by atoms with Crippen LogP contribution in [0, 0.1) is 0 Å². The number of hydrogen-bond acceptors (Lipinski definition) is 4. The maximum atomic E-state index is 9.86. The predicted molar refractivity (Wildman–Crippen MR) is 56.0 cm³/mol. The number of aliphatic hydroxyl groups excluding tert-OH is 1. The summed E-state index contributed by atoms with van der Waals surface area (Å²) in [5.74, 6) is 0.538. The second kappa shape index (κ2) is 3.72. The molecule has 1 aliphatic heterocycles. The summed E-state index contributed by atoms with van der Waals surface area (Å²) in [6.07, 6.45) is -0.506. The quantitative estimate of drug-likeness (QED) is 0.721. The van der Waals surface area contributed by atoms with Crippen molar-refractivity contribution < 1.29 is 14.9 Å². The number of ether oxygens (including phenoxy) is 1. The molecule has 1 atom stereocenters. The highest BCUT2D eigenvalue weighted by Gasteiger charge is 2.23. The minimum atomic E-state index is -0.506. The second-order valence-corrected chi connectivity index (χ2v) is 3.94. The number of hydrogen-bond donors (Lipinski definition) is 2. The van der Waals surface area contributed by atoms with Gasteiger partial charge in [-0.25, -0.2) is 0 Å². The number of aromatic hydroxyl groups is 1. The number of methoxy groups -OCH3 is 1. The van der Waals surface area contributed by atoms with Gasteiger partial charge in [-0.15, -0.1) is 0 Å². The van der Waals surface area contributed by atoms with E-state index >= 15 is 0 Å². The van der Waals surface area contributed by atoms with Gasteiger partial charge in [0.25, 0.3) is 0 Å². The van der Waals surface area contributed by atoms with Gasteiger partial charge in [-0.3, -0.25) is 4.90 Å². The lowest BCUT2D eigenvalue weighted by Crippen LogP contribution is -2.30. The topological polar surface area (TPSA) is 52.9 Å². The van der Waals surface area contributed by atoms with Crippen LogP contribution < -0.4 is 4.74 Å². The van der Waals surface area contributed by atoms with E-state index in [2.05, 4.69) is 0 Å². The zero-order chi connectivity index (χ0) is 11.0. The van der Waals surface area contributed by atoms with E-state index in [-0.39, 0.29) is 5.75 Å². The maximum Gasteiger partial charge on any atom is 0.160 e. The molecule has 0 fully saturated rings. The fourth-order valence-electron chi connectivity index (χ4n) is 1.99. The van der Waals surface area contributed by atoms with Gasteiger partial charge in [0, 0.05) is 13.1 Å². The fraction of sp³-hybridized carbons (Fsp3) is 0.455. The van der Waals surface area contributed by atoms with Crippen LogP contribution in [0.2, 0.25) is 0 Å².